The lowest BCUT2D eigenvalue weighted by molar-refractivity contribution is 0.295. The Balaban J connectivity index is 1.92. The summed E-state index contributed by atoms with van der Waals surface area (Å²) in [6.45, 7) is 2.58. The van der Waals surface area contributed by atoms with Crippen LogP contribution in [0, 0.1) is 18.3 Å². The molecule has 19 heavy (non-hydrogen) atoms. The summed E-state index contributed by atoms with van der Waals surface area (Å²) in [6.07, 6.45) is 1.51. The summed E-state index contributed by atoms with van der Waals surface area (Å²) in [4.78, 5) is 15.7. The number of nitriles is 1. The molecule has 1 aromatic carbocycles. The molecule has 1 heterocycles. The van der Waals surface area contributed by atoms with Crippen molar-refractivity contribution in [2.45, 2.75) is 13.5 Å². The van der Waals surface area contributed by atoms with Gasteiger partial charge in [0, 0.05) is 11.8 Å². The van der Waals surface area contributed by atoms with E-state index < -0.39 is 0 Å². The number of hydrogen-bond acceptors (Lipinski definition) is 4. The Morgan fingerprint density at radius 1 is 1.37 bits per heavy atom. The van der Waals surface area contributed by atoms with E-state index in [1.165, 1.54) is 17.0 Å². The Bertz CT molecular complexity index is 654. The van der Waals surface area contributed by atoms with Gasteiger partial charge in [0.25, 0.3) is 5.56 Å². The standard InChI is InChI=1S/C14H13N3O2/c1-11-8-14(18)17(10-16-11)6-7-19-13-4-2-12(9-15)3-5-13/h2-5,8,10H,6-7H2,1H3. The molecular weight excluding hydrogens is 242 g/mol. The molecule has 0 saturated carbocycles. The fourth-order valence-corrected chi connectivity index (χ4v) is 1.57. The van der Waals surface area contributed by atoms with Gasteiger partial charge in [-0.2, -0.15) is 5.26 Å². The molecule has 0 spiro atoms. The molecule has 0 atom stereocenters. The molecule has 0 bridgehead atoms. The number of aromatic nitrogens is 2. The van der Waals surface area contributed by atoms with Crippen molar-refractivity contribution in [1.82, 2.24) is 9.55 Å². The molecule has 1 aromatic heterocycles. The van der Waals surface area contributed by atoms with Crippen LogP contribution >= 0.6 is 0 Å². The molecule has 0 fully saturated rings. The normalized spacial score (nSPS) is 9.89. The van der Waals surface area contributed by atoms with Gasteiger partial charge < -0.3 is 4.74 Å². The van der Waals surface area contributed by atoms with Crippen molar-refractivity contribution in [3.8, 4) is 11.8 Å². The van der Waals surface area contributed by atoms with Crippen LogP contribution in [0.2, 0.25) is 0 Å². The van der Waals surface area contributed by atoms with E-state index in [2.05, 4.69) is 4.98 Å². The Morgan fingerprint density at radius 2 is 2.11 bits per heavy atom. The largest absolute Gasteiger partial charge is 0.492 e. The van der Waals surface area contributed by atoms with Crippen LogP contribution in [-0.2, 0) is 6.54 Å². The first-order valence-electron chi connectivity index (χ1n) is 5.85. The Kier molecular flexibility index (Phi) is 3.94. The summed E-state index contributed by atoms with van der Waals surface area (Å²) in [5, 5.41) is 8.67. The number of hydrogen-bond donors (Lipinski definition) is 0. The van der Waals surface area contributed by atoms with Crippen molar-refractivity contribution in [3.63, 3.8) is 0 Å². The second-order valence-corrected chi connectivity index (χ2v) is 4.05. The molecule has 2 aromatic rings. The number of benzene rings is 1. The van der Waals surface area contributed by atoms with Crippen molar-refractivity contribution in [3.05, 3.63) is 58.3 Å². The van der Waals surface area contributed by atoms with Crippen molar-refractivity contribution in [2.24, 2.45) is 0 Å². The fourth-order valence-electron chi connectivity index (χ4n) is 1.57. The van der Waals surface area contributed by atoms with Gasteiger partial charge in [-0.3, -0.25) is 9.36 Å². The zero-order chi connectivity index (χ0) is 13.7. The number of aryl methyl sites for hydroxylation is 1. The van der Waals surface area contributed by atoms with Gasteiger partial charge in [-0.05, 0) is 31.2 Å². The summed E-state index contributed by atoms with van der Waals surface area (Å²) < 4.78 is 6.99. The van der Waals surface area contributed by atoms with E-state index in [-0.39, 0.29) is 5.56 Å². The lowest BCUT2D eigenvalue weighted by Gasteiger charge is -2.07. The third-order valence-electron chi connectivity index (χ3n) is 2.60. The first-order chi connectivity index (χ1) is 9.19. The minimum atomic E-state index is -0.0871. The Hall–Kier alpha value is -2.61. The van der Waals surface area contributed by atoms with Crippen molar-refractivity contribution < 1.29 is 4.74 Å². The topological polar surface area (TPSA) is 67.9 Å². The van der Waals surface area contributed by atoms with Crippen LogP contribution in [0.4, 0.5) is 0 Å². The predicted molar refractivity (Wildman–Crippen MR) is 69.9 cm³/mol. The van der Waals surface area contributed by atoms with Crippen molar-refractivity contribution >= 4 is 0 Å². The van der Waals surface area contributed by atoms with E-state index in [0.717, 1.165) is 0 Å². The van der Waals surface area contributed by atoms with Gasteiger partial charge in [0.15, 0.2) is 0 Å². The lowest BCUT2D eigenvalue weighted by atomic mass is 10.2. The minimum Gasteiger partial charge on any atom is -0.492 e. The molecule has 0 aliphatic carbocycles. The van der Waals surface area contributed by atoms with Gasteiger partial charge in [0.05, 0.1) is 24.5 Å². The van der Waals surface area contributed by atoms with E-state index in [1.54, 1.807) is 31.2 Å². The summed E-state index contributed by atoms with van der Waals surface area (Å²) in [7, 11) is 0. The van der Waals surface area contributed by atoms with Gasteiger partial charge in [-0.15, -0.1) is 0 Å². The number of ether oxygens (including phenoxy) is 1. The van der Waals surface area contributed by atoms with Crippen LogP contribution in [0.25, 0.3) is 0 Å². The average Bonchev–Trinajstić information content (AvgIpc) is 2.42. The molecule has 2 rings (SSSR count). The van der Waals surface area contributed by atoms with E-state index >= 15 is 0 Å². The molecule has 0 aliphatic heterocycles. The summed E-state index contributed by atoms with van der Waals surface area (Å²) in [5.74, 6) is 0.673. The van der Waals surface area contributed by atoms with Crippen LogP contribution in [0.1, 0.15) is 11.3 Å². The van der Waals surface area contributed by atoms with E-state index in [1.807, 2.05) is 6.07 Å². The third kappa shape index (κ3) is 3.42. The van der Waals surface area contributed by atoms with Gasteiger partial charge >= 0.3 is 0 Å². The van der Waals surface area contributed by atoms with E-state index in [9.17, 15) is 4.79 Å². The van der Waals surface area contributed by atoms with Crippen LogP contribution in [-0.4, -0.2) is 16.2 Å². The summed E-state index contributed by atoms with van der Waals surface area (Å²) in [5.41, 5.74) is 1.21. The highest BCUT2D eigenvalue weighted by molar-refractivity contribution is 5.34. The summed E-state index contributed by atoms with van der Waals surface area (Å²) >= 11 is 0. The molecule has 5 heteroatoms. The zero-order valence-electron chi connectivity index (χ0n) is 10.5. The predicted octanol–water partition coefficient (Wildman–Crippen LogP) is 1.50. The first kappa shape index (κ1) is 12.8. The highest BCUT2D eigenvalue weighted by Gasteiger charge is 1.98. The van der Waals surface area contributed by atoms with Crippen LogP contribution < -0.4 is 10.3 Å². The highest BCUT2D eigenvalue weighted by Crippen LogP contribution is 2.11. The average molecular weight is 255 g/mol. The maximum absolute atomic E-state index is 11.6. The molecule has 5 nitrogen and oxygen atoms in total. The second-order valence-electron chi connectivity index (χ2n) is 4.05. The van der Waals surface area contributed by atoms with Gasteiger partial charge in [-0.1, -0.05) is 0 Å². The highest BCUT2D eigenvalue weighted by atomic mass is 16.5. The molecule has 0 amide bonds. The monoisotopic (exact) mass is 255 g/mol. The number of nitrogens with zero attached hydrogens (tertiary/aromatic N) is 3. The fraction of sp³-hybridized carbons (Fsp3) is 0.214. The molecule has 0 saturated heterocycles. The van der Waals surface area contributed by atoms with Crippen molar-refractivity contribution in [1.29, 1.82) is 5.26 Å². The Morgan fingerprint density at radius 3 is 2.74 bits per heavy atom. The second kappa shape index (κ2) is 5.83. The van der Waals surface area contributed by atoms with Crippen LogP contribution in [0.5, 0.6) is 5.75 Å². The molecule has 0 radical (unpaired) electrons. The Labute approximate surface area is 110 Å². The first-order valence-corrected chi connectivity index (χ1v) is 5.85. The third-order valence-corrected chi connectivity index (χ3v) is 2.60. The summed E-state index contributed by atoms with van der Waals surface area (Å²) in [6, 6.07) is 10.4. The van der Waals surface area contributed by atoms with Crippen LogP contribution in [0.3, 0.4) is 0 Å². The van der Waals surface area contributed by atoms with E-state index in [0.29, 0.717) is 30.2 Å². The van der Waals surface area contributed by atoms with Crippen LogP contribution in [0.15, 0.2) is 41.5 Å². The maximum atomic E-state index is 11.6. The molecular formula is C14H13N3O2. The van der Waals surface area contributed by atoms with Gasteiger partial charge in [0.1, 0.15) is 12.4 Å². The molecule has 0 unspecified atom stereocenters. The number of rotatable bonds is 4. The maximum Gasteiger partial charge on any atom is 0.253 e. The molecule has 0 N–H and O–H groups in total. The van der Waals surface area contributed by atoms with Gasteiger partial charge in [-0.25, -0.2) is 4.98 Å². The van der Waals surface area contributed by atoms with Crippen molar-refractivity contribution in [2.75, 3.05) is 6.61 Å². The minimum absolute atomic E-state index is 0.0871. The SMILES string of the molecule is Cc1cc(=O)n(CCOc2ccc(C#N)cc2)cn1. The quantitative estimate of drug-likeness (QED) is 0.830. The van der Waals surface area contributed by atoms with E-state index in [4.69, 9.17) is 10.00 Å². The van der Waals surface area contributed by atoms with Gasteiger partial charge in [0.2, 0.25) is 0 Å². The smallest absolute Gasteiger partial charge is 0.253 e. The zero-order valence-corrected chi connectivity index (χ0v) is 10.5. The molecule has 96 valence electrons. The molecule has 0 aliphatic rings. The lowest BCUT2D eigenvalue weighted by Crippen LogP contribution is -2.23.